The molecule has 0 aliphatic heterocycles. The van der Waals surface area contributed by atoms with Crippen molar-refractivity contribution in [2.24, 2.45) is 0 Å². The molecule has 0 aliphatic carbocycles. The van der Waals surface area contributed by atoms with E-state index in [0.717, 1.165) is 0 Å². The number of methoxy groups -OCH3 is 1. The third-order valence-corrected chi connectivity index (χ3v) is 3.30. The third-order valence-electron chi connectivity index (χ3n) is 3.30. The Balaban J connectivity index is 1.89. The van der Waals surface area contributed by atoms with E-state index in [9.17, 15) is 14.4 Å². The second-order valence-corrected chi connectivity index (χ2v) is 5.15. The Morgan fingerprint density at radius 3 is 2.35 bits per heavy atom. The molecule has 2 aromatic rings. The van der Waals surface area contributed by atoms with E-state index < -0.39 is 11.9 Å². The predicted molar refractivity (Wildman–Crippen MR) is 94.3 cm³/mol. The zero-order valence-electron chi connectivity index (χ0n) is 14.5. The predicted octanol–water partition coefficient (Wildman–Crippen LogP) is 2.67. The number of rotatable bonds is 7. The van der Waals surface area contributed by atoms with Gasteiger partial charge in [0.05, 0.1) is 24.8 Å². The molecule has 0 aliphatic rings. The van der Waals surface area contributed by atoms with E-state index >= 15 is 0 Å². The lowest BCUT2D eigenvalue weighted by atomic mass is 10.2. The van der Waals surface area contributed by atoms with Gasteiger partial charge in [-0.15, -0.1) is 0 Å². The van der Waals surface area contributed by atoms with Crippen LogP contribution >= 0.6 is 0 Å². The quantitative estimate of drug-likeness (QED) is 0.766. The van der Waals surface area contributed by atoms with E-state index in [1.807, 2.05) is 0 Å². The first-order chi connectivity index (χ1) is 12.5. The van der Waals surface area contributed by atoms with Gasteiger partial charge < -0.3 is 19.5 Å². The maximum atomic E-state index is 12.0. The van der Waals surface area contributed by atoms with Crippen LogP contribution in [-0.2, 0) is 14.3 Å². The minimum Gasteiger partial charge on any atom is -0.484 e. The normalized spacial score (nSPS) is 9.92. The lowest BCUT2D eigenvalue weighted by molar-refractivity contribution is -0.118. The fourth-order valence-electron chi connectivity index (χ4n) is 2.08. The van der Waals surface area contributed by atoms with Crippen molar-refractivity contribution in [2.45, 2.75) is 6.92 Å². The number of benzene rings is 2. The highest BCUT2D eigenvalue weighted by Crippen LogP contribution is 2.15. The maximum Gasteiger partial charge on any atom is 0.338 e. The molecule has 1 N–H and O–H groups in total. The number of anilines is 1. The molecule has 0 bridgehead atoms. The highest BCUT2D eigenvalue weighted by atomic mass is 16.5. The Labute approximate surface area is 150 Å². The van der Waals surface area contributed by atoms with Crippen LogP contribution in [0.15, 0.2) is 48.5 Å². The van der Waals surface area contributed by atoms with Crippen molar-refractivity contribution in [3.63, 3.8) is 0 Å². The monoisotopic (exact) mass is 357 g/mol. The van der Waals surface area contributed by atoms with Crippen LogP contribution < -0.4 is 10.1 Å². The van der Waals surface area contributed by atoms with Gasteiger partial charge in [-0.2, -0.15) is 0 Å². The Morgan fingerprint density at radius 2 is 1.69 bits per heavy atom. The highest BCUT2D eigenvalue weighted by Gasteiger charge is 2.09. The molecule has 7 heteroatoms. The van der Waals surface area contributed by atoms with Crippen LogP contribution in [0.1, 0.15) is 27.6 Å². The van der Waals surface area contributed by atoms with E-state index in [-0.39, 0.29) is 19.1 Å². The molecule has 1 amide bonds. The van der Waals surface area contributed by atoms with Gasteiger partial charge in [-0.3, -0.25) is 4.79 Å². The Hall–Kier alpha value is -3.35. The van der Waals surface area contributed by atoms with Crippen molar-refractivity contribution < 1.29 is 28.6 Å². The van der Waals surface area contributed by atoms with E-state index in [1.54, 1.807) is 49.4 Å². The fourth-order valence-corrected chi connectivity index (χ4v) is 2.08. The summed E-state index contributed by atoms with van der Waals surface area (Å²) in [7, 11) is 1.30. The number of carbonyl (C=O) groups excluding carboxylic acids is 3. The summed E-state index contributed by atoms with van der Waals surface area (Å²) in [5.41, 5.74) is 1.26. The van der Waals surface area contributed by atoms with Crippen molar-refractivity contribution in [1.29, 1.82) is 0 Å². The summed E-state index contributed by atoms with van der Waals surface area (Å²) in [6.45, 7) is 1.77. The van der Waals surface area contributed by atoms with Crippen LogP contribution in [0.3, 0.4) is 0 Å². The third kappa shape index (κ3) is 5.34. The van der Waals surface area contributed by atoms with Crippen LogP contribution in [0, 0.1) is 0 Å². The summed E-state index contributed by atoms with van der Waals surface area (Å²) in [5, 5.41) is 2.65. The molecule has 0 aromatic heterocycles. The SMILES string of the molecule is CCOC(=O)c1cccc(OCC(=O)Nc2ccc(C(=O)OC)cc2)c1. The molecular weight excluding hydrogens is 338 g/mol. The van der Waals surface area contributed by atoms with Crippen LogP contribution in [0.25, 0.3) is 0 Å². The second kappa shape index (κ2) is 9.22. The number of carbonyl (C=O) groups is 3. The Kier molecular flexibility index (Phi) is 6.73. The molecule has 0 spiro atoms. The minimum absolute atomic E-state index is 0.231. The van der Waals surface area contributed by atoms with Gasteiger partial charge in [-0.05, 0) is 49.4 Å². The standard InChI is InChI=1S/C19H19NO6/c1-3-25-19(23)14-5-4-6-16(11-14)26-12-17(21)20-15-9-7-13(8-10-15)18(22)24-2/h4-11H,3,12H2,1-2H3,(H,20,21). The van der Waals surface area contributed by atoms with E-state index in [4.69, 9.17) is 9.47 Å². The van der Waals surface area contributed by atoms with Crippen molar-refractivity contribution in [1.82, 2.24) is 0 Å². The molecule has 0 atom stereocenters. The van der Waals surface area contributed by atoms with Gasteiger partial charge in [0, 0.05) is 5.69 Å². The molecule has 26 heavy (non-hydrogen) atoms. The molecule has 0 fully saturated rings. The van der Waals surface area contributed by atoms with Crippen molar-refractivity contribution >= 4 is 23.5 Å². The average molecular weight is 357 g/mol. The Morgan fingerprint density at radius 1 is 0.962 bits per heavy atom. The molecule has 2 aromatic carbocycles. The molecule has 0 heterocycles. The van der Waals surface area contributed by atoms with E-state index in [0.29, 0.717) is 22.6 Å². The summed E-state index contributed by atoms with van der Waals surface area (Å²) in [5.74, 6) is -0.898. The molecule has 7 nitrogen and oxygen atoms in total. The minimum atomic E-state index is -0.451. The van der Waals surface area contributed by atoms with Crippen molar-refractivity contribution in [3.8, 4) is 5.75 Å². The van der Waals surface area contributed by atoms with Gasteiger partial charge in [-0.25, -0.2) is 9.59 Å². The molecule has 0 saturated carbocycles. The Bertz CT molecular complexity index is 785. The molecule has 0 unspecified atom stereocenters. The zero-order valence-corrected chi connectivity index (χ0v) is 14.5. The lowest BCUT2D eigenvalue weighted by Gasteiger charge is -2.09. The first kappa shape index (κ1) is 19.0. The van der Waals surface area contributed by atoms with Gasteiger partial charge in [0.25, 0.3) is 5.91 Å². The van der Waals surface area contributed by atoms with Crippen LogP contribution in [0.4, 0.5) is 5.69 Å². The summed E-state index contributed by atoms with van der Waals surface area (Å²) in [4.78, 5) is 35.0. The molecule has 0 radical (unpaired) electrons. The van der Waals surface area contributed by atoms with Gasteiger partial charge in [0.2, 0.25) is 0 Å². The lowest BCUT2D eigenvalue weighted by Crippen LogP contribution is -2.20. The van der Waals surface area contributed by atoms with Crippen LogP contribution in [0.5, 0.6) is 5.75 Å². The van der Waals surface area contributed by atoms with Gasteiger partial charge in [-0.1, -0.05) is 6.07 Å². The summed E-state index contributed by atoms with van der Waals surface area (Å²) in [6.07, 6.45) is 0. The number of hydrogen-bond acceptors (Lipinski definition) is 6. The van der Waals surface area contributed by atoms with E-state index in [1.165, 1.54) is 13.2 Å². The number of nitrogens with one attached hydrogen (secondary N) is 1. The van der Waals surface area contributed by atoms with Crippen LogP contribution in [-0.4, -0.2) is 38.2 Å². The summed E-state index contributed by atoms with van der Waals surface area (Å²) >= 11 is 0. The molecular formula is C19H19NO6. The topological polar surface area (TPSA) is 90.9 Å². The van der Waals surface area contributed by atoms with Crippen molar-refractivity contribution in [2.75, 3.05) is 25.6 Å². The number of amides is 1. The number of hydrogen-bond donors (Lipinski definition) is 1. The average Bonchev–Trinajstić information content (AvgIpc) is 2.67. The summed E-state index contributed by atoms with van der Waals surface area (Å²) < 4.78 is 14.9. The van der Waals surface area contributed by atoms with Gasteiger partial charge >= 0.3 is 11.9 Å². The molecule has 136 valence electrons. The first-order valence-electron chi connectivity index (χ1n) is 7.91. The smallest absolute Gasteiger partial charge is 0.338 e. The fraction of sp³-hybridized carbons (Fsp3) is 0.211. The second-order valence-electron chi connectivity index (χ2n) is 5.15. The number of ether oxygens (including phenoxy) is 3. The first-order valence-corrected chi connectivity index (χ1v) is 7.91. The number of esters is 2. The molecule has 0 saturated heterocycles. The van der Waals surface area contributed by atoms with E-state index in [2.05, 4.69) is 10.1 Å². The van der Waals surface area contributed by atoms with Gasteiger partial charge in [0.1, 0.15) is 5.75 Å². The highest BCUT2D eigenvalue weighted by molar-refractivity contribution is 5.94. The summed E-state index contributed by atoms with van der Waals surface area (Å²) in [6, 6.07) is 12.7. The maximum absolute atomic E-state index is 12.0. The largest absolute Gasteiger partial charge is 0.484 e. The zero-order chi connectivity index (χ0) is 18.9. The van der Waals surface area contributed by atoms with Crippen molar-refractivity contribution in [3.05, 3.63) is 59.7 Å². The van der Waals surface area contributed by atoms with Gasteiger partial charge in [0.15, 0.2) is 6.61 Å². The molecule has 2 rings (SSSR count). The van der Waals surface area contributed by atoms with Crippen LogP contribution in [0.2, 0.25) is 0 Å².